The van der Waals surface area contributed by atoms with Crippen molar-refractivity contribution >= 4 is 0 Å². The van der Waals surface area contributed by atoms with E-state index in [1.165, 1.54) is 37.7 Å². The Hall–Kier alpha value is -0.520. The molecular formula is C13H22. The lowest BCUT2D eigenvalue weighted by atomic mass is 9.73. The quantitative estimate of drug-likeness (QED) is 0.595. The Morgan fingerprint density at radius 1 is 1.23 bits per heavy atom. The molecule has 0 saturated heterocycles. The van der Waals surface area contributed by atoms with Crippen molar-refractivity contribution in [1.82, 2.24) is 0 Å². The van der Waals surface area contributed by atoms with E-state index in [0.717, 1.165) is 0 Å². The maximum absolute atomic E-state index is 2.45. The fraction of sp³-hybridized carbons (Fsp3) is 0.692. The summed E-state index contributed by atoms with van der Waals surface area (Å²) in [5.41, 5.74) is 1.94. The molecule has 0 saturated carbocycles. The first-order valence-electron chi connectivity index (χ1n) is 5.58. The van der Waals surface area contributed by atoms with Gasteiger partial charge in [-0.3, -0.25) is 0 Å². The molecule has 0 fully saturated rings. The summed E-state index contributed by atoms with van der Waals surface area (Å²) < 4.78 is 0. The molecule has 1 aliphatic rings. The summed E-state index contributed by atoms with van der Waals surface area (Å²) in [6.45, 7) is 6.77. The summed E-state index contributed by atoms with van der Waals surface area (Å²) in [5.74, 6) is 0. The summed E-state index contributed by atoms with van der Waals surface area (Å²) >= 11 is 0. The smallest absolute Gasteiger partial charge is 0.00805 e. The van der Waals surface area contributed by atoms with E-state index >= 15 is 0 Å². The molecule has 0 heterocycles. The Morgan fingerprint density at radius 3 is 2.23 bits per heavy atom. The van der Waals surface area contributed by atoms with E-state index in [1.54, 1.807) is 0 Å². The molecule has 0 unspecified atom stereocenters. The lowest BCUT2D eigenvalue weighted by Gasteiger charge is -2.31. The van der Waals surface area contributed by atoms with Crippen LogP contribution in [0.4, 0.5) is 0 Å². The van der Waals surface area contributed by atoms with Gasteiger partial charge in [0.2, 0.25) is 0 Å². The second-order valence-corrected chi connectivity index (χ2v) is 4.35. The topological polar surface area (TPSA) is 0 Å². The Morgan fingerprint density at radius 2 is 1.85 bits per heavy atom. The maximum Gasteiger partial charge on any atom is -0.00805 e. The lowest BCUT2D eigenvalue weighted by molar-refractivity contribution is 0.315. The average Bonchev–Trinajstić information content (AvgIpc) is 2.11. The van der Waals surface area contributed by atoms with E-state index in [4.69, 9.17) is 0 Å². The normalized spacial score (nSPS) is 20.1. The number of hydrogen-bond acceptors (Lipinski definition) is 0. The molecule has 0 aromatic carbocycles. The summed E-state index contributed by atoms with van der Waals surface area (Å²) in [6, 6.07) is 0. The third-order valence-corrected chi connectivity index (χ3v) is 3.03. The molecule has 0 aromatic rings. The van der Waals surface area contributed by atoms with E-state index in [1.807, 2.05) is 0 Å². The van der Waals surface area contributed by atoms with Crippen LogP contribution in [0.1, 0.15) is 52.9 Å². The summed E-state index contributed by atoms with van der Waals surface area (Å²) in [4.78, 5) is 0. The molecule has 74 valence electrons. The fourth-order valence-electron chi connectivity index (χ4n) is 2.30. The van der Waals surface area contributed by atoms with E-state index in [2.05, 4.69) is 39.0 Å². The number of allylic oxidation sites excluding steroid dienone is 4. The molecule has 0 aromatic heterocycles. The van der Waals surface area contributed by atoms with Gasteiger partial charge >= 0.3 is 0 Å². The zero-order chi connectivity index (χ0) is 9.73. The van der Waals surface area contributed by atoms with Crippen molar-refractivity contribution < 1.29 is 0 Å². The molecule has 0 atom stereocenters. The molecular weight excluding hydrogens is 156 g/mol. The van der Waals surface area contributed by atoms with Crippen LogP contribution in [0.2, 0.25) is 0 Å². The molecule has 13 heavy (non-hydrogen) atoms. The molecule has 0 amide bonds. The second kappa shape index (κ2) is 4.64. The zero-order valence-corrected chi connectivity index (χ0v) is 9.27. The van der Waals surface area contributed by atoms with Crippen LogP contribution >= 0.6 is 0 Å². The molecule has 0 radical (unpaired) electrons. The van der Waals surface area contributed by atoms with Crippen molar-refractivity contribution in [3.05, 3.63) is 23.8 Å². The zero-order valence-electron chi connectivity index (χ0n) is 9.27. The van der Waals surface area contributed by atoms with Gasteiger partial charge in [-0.05, 0) is 31.6 Å². The molecule has 1 aliphatic carbocycles. The predicted octanol–water partition coefficient (Wildman–Crippen LogP) is 4.48. The minimum atomic E-state index is 0.503. The van der Waals surface area contributed by atoms with Gasteiger partial charge in [0, 0.05) is 0 Å². The molecule has 0 spiro atoms. The Balaban J connectivity index is 2.65. The van der Waals surface area contributed by atoms with Crippen molar-refractivity contribution in [2.24, 2.45) is 5.41 Å². The number of rotatable bonds is 4. The molecule has 0 aliphatic heterocycles. The van der Waals surface area contributed by atoms with Crippen LogP contribution in [0.15, 0.2) is 23.8 Å². The molecule has 0 bridgehead atoms. The molecule has 1 rings (SSSR count). The van der Waals surface area contributed by atoms with Crippen LogP contribution in [-0.2, 0) is 0 Å². The minimum absolute atomic E-state index is 0.503. The highest BCUT2D eigenvalue weighted by Gasteiger charge is 2.25. The first-order valence-corrected chi connectivity index (χ1v) is 5.58. The minimum Gasteiger partial charge on any atom is -0.0807 e. The van der Waals surface area contributed by atoms with Crippen LogP contribution in [-0.4, -0.2) is 0 Å². The Kier molecular flexibility index (Phi) is 3.77. The van der Waals surface area contributed by atoms with Gasteiger partial charge in [0.1, 0.15) is 0 Å². The van der Waals surface area contributed by atoms with Crippen LogP contribution in [0.3, 0.4) is 0 Å². The van der Waals surface area contributed by atoms with Crippen LogP contribution < -0.4 is 0 Å². The molecule has 0 heteroatoms. The van der Waals surface area contributed by atoms with Gasteiger partial charge in [-0.25, -0.2) is 0 Å². The second-order valence-electron chi connectivity index (χ2n) is 4.35. The van der Waals surface area contributed by atoms with Crippen molar-refractivity contribution in [1.29, 1.82) is 0 Å². The van der Waals surface area contributed by atoms with Gasteiger partial charge in [0.25, 0.3) is 0 Å². The van der Waals surface area contributed by atoms with Crippen LogP contribution in [0.5, 0.6) is 0 Å². The van der Waals surface area contributed by atoms with Gasteiger partial charge < -0.3 is 0 Å². The van der Waals surface area contributed by atoms with Crippen molar-refractivity contribution in [3.8, 4) is 0 Å². The highest BCUT2D eigenvalue weighted by atomic mass is 14.3. The average molecular weight is 178 g/mol. The van der Waals surface area contributed by atoms with E-state index in [-0.39, 0.29) is 0 Å². The maximum atomic E-state index is 2.45. The first kappa shape index (κ1) is 10.6. The number of hydrogen-bond donors (Lipinski definition) is 0. The third kappa shape index (κ3) is 2.72. The third-order valence-electron chi connectivity index (χ3n) is 3.03. The predicted molar refractivity (Wildman–Crippen MR) is 59.8 cm³/mol. The van der Waals surface area contributed by atoms with Crippen LogP contribution in [0, 0.1) is 5.41 Å². The largest absolute Gasteiger partial charge is 0.0807 e. The molecule has 0 nitrogen and oxygen atoms in total. The Bertz CT molecular complexity index is 202. The lowest BCUT2D eigenvalue weighted by Crippen LogP contribution is -2.18. The highest BCUT2D eigenvalue weighted by Crippen LogP contribution is 2.38. The summed E-state index contributed by atoms with van der Waals surface area (Å²) in [5, 5.41) is 0. The van der Waals surface area contributed by atoms with Crippen LogP contribution in [0.25, 0.3) is 0 Å². The monoisotopic (exact) mass is 178 g/mol. The SMILES string of the molecule is CCCC1(CCC)C=CC(C)=CC1. The van der Waals surface area contributed by atoms with Crippen molar-refractivity contribution in [2.75, 3.05) is 0 Å². The summed E-state index contributed by atoms with van der Waals surface area (Å²) in [6.07, 6.45) is 13.7. The summed E-state index contributed by atoms with van der Waals surface area (Å²) in [7, 11) is 0. The van der Waals surface area contributed by atoms with Gasteiger partial charge in [-0.2, -0.15) is 0 Å². The van der Waals surface area contributed by atoms with Gasteiger partial charge in [0.05, 0.1) is 0 Å². The fourth-order valence-corrected chi connectivity index (χ4v) is 2.30. The van der Waals surface area contributed by atoms with Gasteiger partial charge in [-0.1, -0.05) is 50.5 Å². The highest BCUT2D eigenvalue weighted by molar-refractivity contribution is 5.24. The van der Waals surface area contributed by atoms with E-state index in [9.17, 15) is 0 Å². The van der Waals surface area contributed by atoms with Crippen molar-refractivity contribution in [2.45, 2.75) is 52.9 Å². The first-order chi connectivity index (χ1) is 6.22. The molecule has 0 N–H and O–H groups in total. The van der Waals surface area contributed by atoms with Gasteiger partial charge in [0.15, 0.2) is 0 Å². The van der Waals surface area contributed by atoms with Crippen molar-refractivity contribution in [3.63, 3.8) is 0 Å². The van der Waals surface area contributed by atoms with E-state index < -0.39 is 0 Å². The Labute approximate surface area is 82.7 Å². The van der Waals surface area contributed by atoms with Gasteiger partial charge in [-0.15, -0.1) is 0 Å². The standard InChI is InChI=1S/C13H22/c1-4-8-13(9-5-2)10-6-12(3)7-11-13/h6-7,10H,4-5,8-9,11H2,1-3H3. The van der Waals surface area contributed by atoms with E-state index in [0.29, 0.717) is 5.41 Å².